The summed E-state index contributed by atoms with van der Waals surface area (Å²) in [5, 5.41) is 5.40. The monoisotopic (exact) mass is 273 g/mol. The van der Waals surface area contributed by atoms with Crippen LogP contribution in [0.15, 0.2) is 6.07 Å². The third kappa shape index (κ3) is 5.38. The van der Waals surface area contributed by atoms with Crippen LogP contribution in [0, 0.1) is 17.6 Å². The molecule has 0 saturated carbocycles. The van der Waals surface area contributed by atoms with Gasteiger partial charge in [-0.15, -0.1) is 0 Å². The molecule has 0 bridgehead atoms. The van der Waals surface area contributed by atoms with Crippen molar-refractivity contribution in [3.63, 3.8) is 0 Å². The predicted molar refractivity (Wildman–Crippen MR) is 72.5 cm³/mol. The second kappa shape index (κ2) is 7.89. The zero-order valence-electron chi connectivity index (χ0n) is 11.6. The molecule has 0 fully saturated rings. The minimum atomic E-state index is -0.703. The standard InChI is InChI=1S/C13H21F2N3O/c1-9(2)8-19-6-4-5-17-13-11(15)7-10(14)12(16-3)18-13/h7,9H,4-6,8H2,1-3H3,(H2,16,17,18). The largest absolute Gasteiger partial charge is 0.381 e. The maximum atomic E-state index is 13.4. The van der Waals surface area contributed by atoms with Crippen LogP contribution >= 0.6 is 0 Å². The Balaban J connectivity index is 2.37. The molecule has 0 aliphatic rings. The van der Waals surface area contributed by atoms with Crippen LogP contribution in [0.2, 0.25) is 0 Å². The first kappa shape index (κ1) is 15.6. The van der Waals surface area contributed by atoms with Gasteiger partial charge in [0.1, 0.15) is 0 Å². The molecule has 0 aromatic carbocycles. The fourth-order valence-electron chi connectivity index (χ4n) is 1.47. The maximum absolute atomic E-state index is 13.4. The summed E-state index contributed by atoms with van der Waals surface area (Å²) in [6.07, 6.45) is 0.736. The van der Waals surface area contributed by atoms with Crippen molar-refractivity contribution in [1.29, 1.82) is 0 Å². The first-order valence-electron chi connectivity index (χ1n) is 6.40. The number of aromatic nitrogens is 1. The van der Waals surface area contributed by atoms with Crippen molar-refractivity contribution in [2.24, 2.45) is 5.92 Å². The van der Waals surface area contributed by atoms with Gasteiger partial charge in [0.25, 0.3) is 0 Å². The summed E-state index contributed by atoms with van der Waals surface area (Å²) >= 11 is 0. The number of hydrogen-bond donors (Lipinski definition) is 2. The number of ether oxygens (including phenoxy) is 1. The van der Waals surface area contributed by atoms with Crippen molar-refractivity contribution in [2.45, 2.75) is 20.3 Å². The third-order valence-corrected chi connectivity index (χ3v) is 2.38. The Morgan fingerprint density at radius 3 is 2.58 bits per heavy atom. The SMILES string of the molecule is CNc1nc(NCCCOCC(C)C)c(F)cc1F. The van der Waals surface area contributed by atoms with E-state index >= 15 is 0 Å². The maximum Gasteiger partial charge on any atom is 0.168 e. The number of rotatable bonds is 8. The summed E-state index contributed by atoms with van der Waals surface area (Å²) in [6.45, 7) is 6.00. The summed E-state index contributed by atoms with van der Waals surface area (Å²) in [7, 11) is 1.53. The van der Waals surface area contributed by atoms with Crippen LogP contribution in [0.5, 0.6) is 0 Å². The summed E-state index contributed by atoms with van der Waals surface area (Å²) < 4.78 is 32.0. The van der Waals surface area contributed by atoms with Crippen LogP contribution in [0.1, 0.15) is 20.3 Å². The lowest BCUT2D eigenvalue weighted by Crippen LogP contribution is -2.11. The highest BCUT2D eigenvalue weighted by Crippen LogP contribution is 2.18. The first-order chi connectivity index (χ1) is 9.04. The number of nitrogens with zero attached hydrogens (tertiary/aromatic N) is 1. The zero-order chi connectivity index (χ0) is 14.3. The van der Waals surface area contributed by atoms with Gasteiger partial charge in [-0.3, -0.25) is 0 Å². The summed E-state index contributed by atoms with van der Waals surface area (Å²) in [6, 6.07) is 0.816. The van der Waals surface area contributed by atoms with Crippen molar-refractivity contribution in [3.8, 4) is 0 Å². The van der Waals surface area contributed by atoms with Gasteiger partial charge >= 0.3 is 0 Å². The fourth-order valence-corrected chi connectivity index (χ4v) is 1.47. The molecular formula is C13H21F2N3O. The Labute approximate surface area is 112 Å². The minimum Gasteiger partial charge on any atom is -0.381 e. The van der Waals surface area contributed by atoms with E-state index in [0.717, 1.165) is 12.5 Å². The van der Waals surface area contributed by atoms with Gasteiger partial charge in [0.15, 0.2) is 23.3 Å². The van der Waals surface area contributed by atoms with Gasteiger partial charge in [-0.2, -0.15) is 0 Å². The molecule has 1 rings (SSSR count). The van der Waals surface area contributed by atoms with Crippen molar-refractivity contribution in [3.05, 3.63) is 17.7 Å². The molecule has 1 aromatic heterocycles. The summed E-state index contributed by atoms with van der Waals surface area (Å²) in [4.78, 5) is 3.82. The molecular weight excluding hydrogens is 252 g/mol. The lowest BCUT2D eigenvalue weighted by atomic mass is 10.2. The van der Waals surface area contributed by atoms with Gasteiger partial charge < -0.3 is 15.4 Å². The Morgan fingerprint density at radius 1 is 1.26 bits per heavy atom. The van der Waals surface area contributed by atoms with Gasteiger partial charge in [0, 0.05) is 32.9 Å². The molecule has 0 spiro atoms. The molecule has 0 saturated heterocycles. The van der Waals surface area contributed by atoms with Gasteiger partial charge in [-0.1, -0.05) is 13.8 Å². The molecule has 1 aromatic rings. The Hall–Kier alpha value is -1.43. The summed E-state index contributed by atoms with van der Waals surface area (Å²) in [5.41, 5.74) is 0. The van der Waals surface area contributed by atoms with Crippen LogP contribution in [-0.4, -0.2) is 31.8 Å². The molecule has 0 atom stereocenters. The number of hydrogen-bond acceptors (Lipinski definition) is 4. The van der Waals surface area contributed by atoms with E-state index in [4.69, 9.17) is 4.74 Å². The van der Waals surface area contributed by atoms with Crippen LogP contribution < -0.4 is 10.6 Å². The van der Waals surface area contributed by atoms with Crippen LogP contribution in [0.4, 0.5) is 20.4 Å². The van der Waals surface area contributed by atoms with E-state index in [1.165, 1.54) is 7.05 Å². The number of pyridine rings is 1. The topological polar surface area (TPSA) is 46.2 Å². The minimum absolute atomic E-state index is 0.0277. The van der Waals surface area contributed by atoms with Gasteiger partial charge in [-0.25, -0.2) is 13.8 Å². The van der Waals surface area contributed by atoms with E-state index in [1.54, 1.807) is 0 Å². The fraction of sp³-hybridized carbons (Fsp3) is 0.615. The molecule has 6 heteroatoms. The van der Waals surface area contributed by atoms with E-state index in [1.807, 2.05) is 0 Å². The number of nitrogens with one attached hydrogen (secondary N) is 2. The van der Waals surface area contributed by atoms with E-state index in [-0.39, 0.29) is 11.6 Å². The summed E-state index contributed by atoms with van der Waals surface area (Å²) in [5.74, 6) is -0.817. The van der Waals surface area contributed by atoms with Gasteiger partial charge in [0.2, 0.25) is 0 Å². The highest BCUT2D eigenvalue weighted by molar-refractivity contribution is 5.47. The second-order valence-electron chi connectivity index (χ2n) is 4.65. The van der Waals surface area contributed by atoms with E-state index < -0.39 is 11.6 Å². The Morgan fingerprint density at radius 2 is 1.95 bits per heavy atom. The molecule has 4 nitrogen and oxygen atoms in total. The predicted octanol–water partition coefficient (Wildman–Crippen LogP) is 2.88. The molecule has 2 N–H and O–H groups in total. The van der Waals surface area contributed by atoms with Crippen molar-refractivity contribution < 1.29 is 13.5 Å². The molecule has 0 radical (unpaired) electrons. The quantitative estimate of drug-likeness (QED) is 0.715. The first-order valence-corrected chi connectivity index (χ1v) is 6.40. The Bertz CT molecular complexity index is 400. The molecule has 0 unspecified atom stereocenters. The third-order valence-electron chi connectivity index (χ3n) is 2.38. The van der Waals surface area contributed by atoms with E-state index in [0.29, 0.717) is 25.7 Å². The van der Waals surface area contributed by atoms with E-state index in [2.05, 4.69) is 29.5 Å². The molecule has 0 amide bonds. The lowest BCUT2D eigenvalue weighted by molar-refractivity contribution is 0.110. The van der Waals surface area contributed by atoms with Crippen LogP contribution in [0.25, 0.3) is 0 Å². The molecule has 0 aliphatic heterocycles. The normalized spacial score (nSPS) is 10.8. The number of halogens is 2. The highest BCUT2D eigenvalue weighted by atomic mass is 19.1. The second-order valence-corrected chi connectivity index (χ2v) is 4.65. The lowest BCUT2D eigenvalue weighted by Gasteiger charge is -2.10. The molecule has 1 heterocycles. The average molecular weight is 273 g/mol. The number of anilines is 2. The zero-order valence-corrected chi connectivity index (χ0v) is 11.6. The average Bonchev–Trinajstić information content (AvgIpc) is 2.35. The van der Waals surface area contributed by atoms with Gasteiger partial charge in [0.05, 0.1) is 0 Å². The van der Waals surface area contributed by atoms with Crippen molar-refractivity contribution in [2.75, 3.05) is 37.4 Å². The van der Waals surface area contributed by atoms with Crippen LogP contribution in [-0.2, 0) is 4.74 Å². The van der Waals surface area contributed by atoms with Crippen molar-refractivity contribution >= 4 is 11.6 Å². The van der Waals surface area contributed by atoms with Crippen LogP contribution in [0.3, 0.4) is 0 Å². The van der Waals surface area contributed by atoms with Gasteiger partial charge in [-0.05, 0) is 12.3 Å². The van der Waals surface area contributed by atoms with E-state index in [9.17, 15) is 8.78 Å². The molecule has 0 aliphatic carbocycles. The smallest absolute Gasteiger partial charge is 0.168 e. The van der Waals surface area contributed by atoms with Crippen molar-refractivity contribution in [1.82, 2.24) is 4.98 Å². The molecule has 108 valence electrons. The molecule has 19 heavy (non-hydrogen) atoms. The highest BCUT2D eigenvalue weighted by Gasteiger charge is 2.10. The Kier molecular flexibility index (Phi) is 6.49.